The van der Waals surface area contributed by atoms with Gasteiger partial charge in [0.2, 0.25) is 5.95 Å². The Hall–Kier alpha value is -1.73. The molecule has 1 aliphatic heterocycles. The van der Waals surface area contributed by atoms with Crippen molar-refractivity contribution in [1.29, 1.82) is 0 Å². The second kappa shape index (κ2) is 6.82. The molecule has 0 spiro atoms. The Morgan fingerprint density at radius 3 is 2.38 bits per heavy atom. The van der Waals surface area contributed by atoms with Crippen molar-refractivity contribution in [1.82, 2.24) is 24.7 Å². The maximum atomic E-state index is 6.00. The number of nitrogens with two attached hydrogens (primary N) is 1. The van der Waals surface area contributed by atoms with Gasteiger partial charge in [-0.05, 0) is 32.3 Å². The molecule has 1 fully saturated rings. The van der Waals surface area contributed by atoms with Crippen molar-refractivity contribution in [3.05, 3.63) is 24.3 Å². The monoisotopic (exact) mass is 309 g/mol. The van der Waals surface area contributed by atoms with Crippen molar-refractivity contribution < 1.29 is 0 Å². The lowest BCUT2D eigenvalue weighted by molar-refractivity contribution is 0.567. The Labute approximate surface area is 130 Å². The van der Waals surface area contributed by atoms with Gasteiger partial charge in [-0.3, -0.25) is 0 Å². The zero-order valence-electron chi connectivity index (χ0n) is 12.0. The van der Waals surface area contributed by atoms with Gasteiger partial charge in [0, 0.05) is 25.5 Å². The van der Waals surface area contributed by atoms with E-state index in [4.69, 9.17) is 5.73 Å². The summed E-state index contributed by atoms with van der Waals surface area (Å²) in [5.74, 6) is 1.93. The summed E-state index contributed by atoms with van der Waals surface area (Å²) in [4.78, 5) is 15.2. The van der Waals surface area contributed by atoms with E-state index in [0.717, 1.165) is 19.0 Å². The van der Waals surface area contributed by atoms with E-state index in [9.17, 15) is 0 Å². The maximum Gasteiger partial charge on any atom is 0.252 e. The molecule has 114 valence electrons. The molecule has 2 aromatic rings. The lowest BCUT2D eigenvalue weighted by atomic mass is 10.1. The molecule has 0 radical (unpaired) electrons. The molecular formula is C13H20ClN7. The second-order valence-electron chi connectivity index (χ2n) is 5.07. The normalized spacial score (nSPS) is 16.4. The Morgan fingerprint density at radius 2 is 1.76 bits per heavy atom. The van der Waals surface area contributed by atoms with Crippen LogP contribution in [0.4, 0.5) is 5.95 Å². The van der Waals surface area contributed by atoms with Crippen LogP contribution in [-0.4, -0.2) is 37.8 Å². The number of aromatic nitrogens is 5. The predicted octanol–water partition coefficient (Wildman–Crippen LogP) is 1.49. The predicted molar refractivity (Wildman–Crippen MR) is 82.9 cm³/mol. The fourth-order valence-corrected chi connectivity index (χ4v) is 2.38. The van der Waals surface area contributed by atoms with Crippen LogP contribution in [0.1, 0.15) is 38.1 Å². The number of nitrogens with zero attached hydrogens (tertiary/aromatic N) is 6. The quantitative estimate of drug-likeness (QED) is 0.924. The minimum atomic E-state index is -0.218. The Bertz CT molecular complexity index is 563. The summed E-state index contributed by atoms with van der Waals surface area (Å²) in [6.45, 7) is 3.89. The largest absolute Gasteiger partial charge is 0.340 e. The van der Waals surface area contributed by atoms with Crippen molar-refractivity contribution >= 4 is 18.4 Å². The zero-order chi connectivity index (χ0) is 13.9. The minimum Gasteiger partial charge on any atom is -0.340 e. The first-order chi connectivity index (χ1) is 9.75. The van der Waals surface area contributed by atoms with Gasteiger partial charge in [-0.2, -0.15) is 9.67 Å². The van der Waals surface area contributed by atoms with Gasteiger partial charge in [-0.1, -0.05) is 0 Å². The van der Waals surface area contributed by atoms with Gasteiger partial charge in [0.15, 0.2) is 5.82 Å². The molecule has 2 aromatic heterocycles. The van der Waals surface area contributed by atoms with Crippen LogP contribution in [0.25, 0.3) is 5.95 Å². The lowest BCUT2D eigenvalue weighted by Gasteiger charge is -2.24. The Morgan fingerprint density at radius 1 is 1.10 bits per heavy atom. The standard InChI is InChI=1S/C13H19N7.ClH/c1-10(14)11-17-13(19-8-3-2-4-9-19)18-20(11)12-15-6-5-7-16-12;/h5-7,10H,2-4,8-9,14H2,1H3;1H. The maximum absolute atomic E-state index is 6.00. The highest BCUT2D eigenvalue weighted by Crippen LogP contribution is 2.19. The third-order valence-corrected chi connectivity index (χ3v) is 3.41. The van der Waals surface area contributed by atoms with Crippen LogP contribution in [0, 0.1) is 0 Å². The number of piperidine rings is 1. The van der Waals surface area contributed by atoms with E-state index < -0.39 is 0 Å². The molecule has 3 heterocycles. The summed E-state index contributed by atoms with van der Waals surface area (Å²) < 4.78 is 1.65. The summed E-state index contributed by atoms with van der Waals surface area (Å²) in [5, 5.41) is 4.55. The van der Waals surface area contributed by atoms with Crippen LogP contribution >= 0.6 is 12.4 Å². The number of rotatable bonds is 3. The van der Waals surface area contributed by atoms with E-state index in [-0.39, 0.29) is 18.4 Å². The van der Waals surface area contributed by atoms with E-state index in [1.165, 1.54) is 19.3 Å². The molecule has 21 heavy (non-hydrogen) atoms. The average molecular weight is 310 g/mol. The van der Waals surface area contributed by atoms with Crippen LogP contribution in [0.5, 0.6) is 0 Å². The molecule has 1 atom stereocenters. The van der Waals surface area contributed by atoms with E-state index in [0.29, 0.717) is 11.8 Å². The molecule has 8 heteroatoms. The highest BCUT2D eigenvalue weighted by atomic mass is 35.5. The highest BCUT2D eigenvalue weighted by molar-refractivity contribution is 5.85. The molecule has 1 unspecified atom stereocenters. The van der Waals surface area contributed by atoms with Crippen LogP contribution in [0.3, 0.4) is 0 Å². The van der Waals surface area contributed by atoms with Crippen LogP contribution < -0.4 is 10.6 Å². The van der Waals surface area contributed by atoms with Gasteiger partial charge in [-0.25, -0.2) is 9.97 Å². The van der Waals surface area contributed by atoms with Crippen molar-refractivity contribution in [2.75, 3.05) is 18.0 Å². The third-order valence-electron chi connectivity index (χ3n) is 3.41. The molecule has 0 aliphatic carbocycles. The topological polar surface area (TPSA) is 85.8 Å². The summed E-state index contributed by atoms with van der Waals surface area (Å²) >= 11 is 0. The van der Waals surface area contributed by atoms with Crippen molar-refractivity contribution in [2.24, 2.45) is 5.73 Å². The zero-order valence-corrected chi connectivity index (χ0v) is 12.8. The molecule has 0 bridgehead atoms. The summed E-state index contributed by atoms with van der Waals surface area (Å²) in [7, 11) is 0. The molecule has 1 saturated heterocycles. The Kier molecular flexibility index (Phi) is 5.08. The number of halogens is 1. The van der Waals surface area contributed by atoms with Crippen molar-refractivity contribution in [3.8, 4) is 5.95 Å². The number of hydrogen-bond donors (Lipinski definition) is 1. The molecule has 3 rings (SSSR count). The number of hydrogen-bond acceptors (Lipinski definition) is 6. The van der Waals surface area contributed by atoms with Crippen molar-refractivity contribution in [2.45, 2.75) is 32.2 Å². The van der Waals surface area contributed by atoms with Gasteiger partial charge >= 0.3 is 0 Å². The molecule has 0 aromatic carbocycles. The van der Waals surface area contributed by atoms with E-state index in [1.54, 1.807) is 23.1 Å². The van der Waals surface area contributed by atoms with E-state index >= 15 is 0 Å². The van der Waals surface area contributed by atoms with Gasteiger partial charge in [-0.15, -0.1) is 17.5 Å². The van der Waals surface area contributed by atoms with Crippen molar-refractivity contribution in [3.63, 3.8) is 0 Å². The molecule has 0 amide bonds. The SMILES string of the molecule is CC(N)c1nc(N2CCCCC2)nn1-c1ncccn1.Cl. The van der Waals surface area contributed by atoms with Gasteiger partial charge in [0.05, 0.1) is 6.04 Å². The molecule has 1 aliphatic rings. The second-order valence-corrected chi connectivity index (χ2v) is 5.07. The molecule has 7 nitrogen and oxygen atoms in total. The smallest absolute Gasteiger partial charge is 0.252 e. The fraction of sp³-hybridized carbons (Fsp3) is 0.538. The van der Waals surface area contributed by atoms with E-state index in [1.807, 2.05) is 6.92 Å². The Balaban J connectivity index is 0.00000161. The third kappa shape index (κ3) is 3.30. The molecular weight excluding hydrogens is 290 g/mol. The first-order valence-corrected chi connectivity index (χ1v) is 7.00. The van der Waals surface area contributed by atoms with Crippen LogP contribution in [-0.2, 0) is 0 Å². The van der Waals surface area contributed by atoms with E-state index in [2.05, 4.69) is 25.0 Å². The average Bonchev–Trinajstić information content (AvgIpc) is 2.94. The minimum absolute atomic E-state index is 0. The number of anilines is 1. The first kappa shape index (κ1) is 15.7. The summed E-state index contributed by atoms with van der Waals surface area (Å²) in [6.07, 6.45) is 7.03. The lowest BCUT2D eigenvalue weighted by Crippen LogP contribution is -2.30. The molecule has 0 saturated carbocycles. The van der Waals surface area contributed by atoms with Gasteiger partial charge in [0.1, 0.15) is 0 Å². The summed E-state index contributed by atoms with van der Waals surface area (Å²) in [6, 6.07) is 1.56. The van der Waals surface area contributed by atoms with Gasteiger partial charge < -0.3 is 10.6 Å². The first-order valence-electron chi connectivity index (χ1n) is 7.00. The van der Waals surface area contributed by atoms with Crippen LogP contribution in [0.2, 0.25) is 0 Å². The van der Waals surface area contributed by atoms with Gasteiger partial charge in [0.25, 0.3) is 5.95 Å². The fourth-order valence-electron chi connectivity index (χ4n) is 2.38. The summed E-state index contributed by atoms with van der Waals surface area (Å²) in [5.41, 5.74) is 6.00. The van der Waals surface area contributed by atoms with Crippen LogP contribution in [0.15, 0.2) is 18.5 Å². The highest BCUT2D eigenvalue weighted by Gasteiger charge is 2.21. The molecule has 2 N–H and O–H groups in total.